The summed E-state index contributed by atoms with van der Waals surface area (Å²) in [5.41, 5.74) is 4.00. The molecule has 0 saturated carbocycles. The zero-order valence-electron chi connectivity index (χ0n) is 15.8. The van der Waals surface area contributed by atoms with Gasteiger partial charge in [0, 0.05) is 23.7 Å². The lowest BCUT2D eigenvalue weighted by Gasteiger charge is -2.07. The van der Waals surface area contributed by atoms with E-state index in [4.69, 9.17) is 21.1 Å². The summed E-state index contributed by atoms with van der Waals surface area (Å²) in [7, 11) is 3.29. The number of anilines is 1. The number of methoxy groups -OCH3 is 1. The number of nitrogens with one attached hydrogen (secondary N) is 2. The van der Waals surface area contributed by atoms with E-state index in [1.807, 2.05) is 24.3 Å². The number of aryl methyl sites for hydroxylation is 1. The smallest absolute Gasteiger partial charge is 0.413 e. The van der Waals surface area contributed by atoms with Crippen LogP contribution in [0.15, 0.2) is 48.8 Å². The van der Waals surface area contributed by atoms with Crippen LogP contribution in [-0.4, -0.2) is 33.0 Å². The predicted octanol–water partition coefficient (Wildman–Crippen LogP) is 4.37. The molecule has 2 aromatic carbocycles. The minimum Gasteiger partial charge on any atom is -0.496 e. The Bertz CT molecular complexity index is 1180. The van der Waals surface area contributed by atoms with Crippen LogP contribution in [-0.2, 0) is 18.4 Å². The van der Waals surface area contributed by atoms with Crippen LogP contribution in [0.5, 0.6) is 5.75 Å². The second kappa shape index (κ2) is 7.84. The van der Waals surface area contributed by atoms with Crippen LogP contribution in [0.1, 0.15) is 5.56 Å². The normalized spacial score (nSPS) is 10.9. The first kappa shape index (κ1) is 18.8. The fourth-order valence-electron chi connectivity index (χ4n) is 2.95. The Balaban J connectivity index is 1.44. The molecule has 148 valence electrons. The van der Waals surface area contributed by atoms with Gasteiger partial charge in [-0.15, -0.1) is 0 Å². The first-order valence-corrected chi connectivity index (χ1v) is 9.15. The van der Waals surface area contributed by atoms with Gasteiger partial charge in [0.1, 0.15) is 18.2 Å². The minimum atomic E-state index is -0.579. The highest BCUT2D eigenvalue weighted by molar-refractivity contribution is 6.30. The predicted molar refractivity (Wildman–Crippen MR) is 110 cm³/mol. The van der Waals surface area contributed by atoms with Crippen LogP contribution < -0.4 is 10.1 Å². The highest BCUT2D eigenvalue weighted by Gasteiger charge is 2.14. The molecule has 2 heterocycles. The molecule has 9 heteroatoms. The first-order valence-electron chi connectivity index (χ1n) is 8.77. The van der Waals surface area contributed by atoms with Crippen molar-refractivity contribution in [3.05, 3.63) is 59.4 Å². The molecule has 29 heavy (non-hydrogen) atoms. The lowest BCUT2D eigenvalue weighted by molar-refractivity contribution is 0.155. The maximum atomic E-state index is 12.2. The van der Waals surface area contributed by atoms with Gasteiger partial charge < -0.3 is 14.5 Å². The number of ether oxygens (including phenoxy) is 2. The van der Waals surface area contributed by atoms with Gasteiger partial charge in [-0.2, -0.15) is 5.10 Å². The van der Waals surface area contributed by atoms with E-state index >= 15 is 0 Å². The number of amides is 1. The zero-order valence-corrected chi connectivity index (χ0v) is 16.5. The first-order chi connectivity index (χ1) is 14.0. The van der Waals surface area contributed by atoms with Crippen molar-refractivity contribution in [2.45, 2.75) is 6.61 Å². The number of H-pyrrole nitrogens is 1. The third-order valence-electron chi connectivity index (χ3n) is 4.41. The summed E-state index contributed by atoms with van der Waals surface area (Å²) in [6.45, 7) is 0.129. The molecule has 0 unspecified atom stereocenters. The lowest BCUT2D eigenvalue weighted by Crippen LogP contribution is -2.15. The maximum Gasteiger partial charge on any atom is 0.413 e. The quantitative estimate of drug-likeness (QED) is 0.508. The van der Waals surface area contributed by atoms with Gasteiger partial charge in [-0.1, -0.05) is 17.7 Å². The molecule has 2 aromatic heterocycles. The standard InChI is InChI=1S/C20H18ClN5O3/c1-26-19(9-16(25-26)14-5-4-13(21)8-18(14)28-2)24-20(27)29-10-12-3-6-15-17(7-12)23-11-22-15/h3-9,11H,10H2,1-2H3,(H,22,23)(H,24,27). The zero-order chi connectivity index (χ0) is 20.4. The highest BCUT2D eigenvalue weighted by Crippen LogP contribution is 2.32. The van der Waals surface area contributed by atoms with Crippen molar-refractivity contribution in [3.8, 4) is 17.0 Å². The Morgan fingerprint density at radius 1 is 1.24 bits per heavy atom. The largest absolute Gasteiger partial charge is 0.496 e. The molecule has 4 rings (SSSR count). The molecule has 0 saturated heterocycles. The van der Waals surface area contributed by atoms with E-state index in [1.54, 1.807) is 43.4 Å². The van der Waals surface area contributed by atoms with Crippen LogP contribution in [0.3, 0.4) is 0 Å². The molecular weight excluding hydrogens is 394 g/mol. The number of benzene rings is 2. The number of fused-ring (bicyclic) bond motifs is 1. The van der Waals surface area contributed by atoms with E-state index in [2.05, 4.69) is 20.4 Å². The van der Waals surface area contributed by atoms with Gasteiger partial charge >= 0.3 is 6.09 Å². The van der Waals surface area contributed by atoms with E-state index in [1.165, 1.54) is 0 Å². The number of halogens is 1. The SMILES string of the molecule is COc1cc(Cl)ccc1-c1cc(NC(=O)OCc2ccc3[nH]cnc3c2)n(C)n1. The van der Waals surface area contributed by atoms with E-state index in [0.29, 0.717) is 22.3 Å². The summed E-state index contributed by atoms with van der Waals surface area (Å²) in [5.74, 6) is 1.09. The summed E-state index contributed by atoms with van der Waals surface area (Å²) in [5, 5.41) is 7.70. The number of hydrogen-bond acceptors (Lipinski definition) is 5. The Hall–Kier alpha value is -3.52. The molecule has 0 aliphatic heterocycles. The number of carbonyl (C=O) groups excluding carboxylic acids is 1. The van der Waals surface area contributed by atoms with Crippen molar-refractivity contribution in [2.24, 2.45) is 7.05 Å². The third-order valence-corrected chi connectivity index (χ3v) is 4.64. The van der Waals surface area contributed by atoms with Crippen molar-refractivity contribution < 1.29 is 14.3 Å². The monoisotopic (exact) mass is 411 g/mol. The molecule has 0 radical (unpaired) electrons. The van der Waals surface area contributed by atoms with Gasteiger partial charge in [0.25, 0.3) is 0 Å². The van der Waals surface area contributed by atoms with Crippen LogP contribution in [0.4, 0.5) is 10.6 Å². The van der Waals surface area contributed by atoms with Crippen molar-refractivity contribution in [1.29, 1.82) is 0 Å². The van der Waals surface area contributed by atoms with Gasteiger partial charge in [0.05, 0.1) is 30.2 Å². The van der Waals surface area contributed by atoms with E-state index in [-0.39, 0.29) is 6.61 Å². The summed E-state index contributed by atoms with van der Waals surface area (Å²) in [4.78, 5) is 19.4. The molecular formula is C20H18ClN5O3. The summed E-state index contributed by atoms with van der Waals surface area (Å²) < 4.78 is 12.2. The Labute approximate surface area is 171 Å². The van der Waals surface area contributed by atoms with Crippen LogP contribution >= 0.6 is 11.6 Å². The molecule has 0 aliphatic carbocycles. The molecule has 8 nitrogen and oxygen atoms in total. The Morgan fingerprint density at radius 3 is 2.93 bits per heavy atom. The fourth-order valence-corrected chi connectivity index (χ4v) is 3.11. The van der Waals surface area contributed by atoms with Crippen molar-refractivity contribution in [2.75, 3.05) is 12.4 Å². The van der Waals surface area contributed by atoms with Crippen LogP contribution in [0.25, 0.3) is 22.3 Å². The number of rotatable bonds is 5. The number of aromatic nitrogens is 4. The molecule has 0 spiro atoms. The average molecular weight is 412 g/mol. The third kappa shape index (κ3) is 4.02. The molecule has 1 amide bonds. The number of nitrogens with zero attached hydrogens (tertiary/aromatic N) is 3. The molecule has 2 N–H and O–H groups in total. The number of carbonyl (C=O) groups is 1. The maximum absolute atomic E-state index is 12.2. The van der Waals surface area contributed by atoms with Gasteiger partial charge in [-0.3, -0.25) is 10.00 Å². The van der Waals surface area contributed by atoms with E-state index in [0.717, 1.165) is 22.2 Å². The highest BCUT2D eigenvalue weighted by atomic mass is 35.5. The van der Waals surface area contributed by atoms with Crippen LogP contribution in [0, 0.1) is 0 Å². The lowest BCUT2D eigenvalue weighted by atomic mass is 10.1. The molecule has 0 fully saturated rings. The van der Waals surface area contributed by atoms with Crippen molar-refractivity contribution in [3.63, 3.8) is 0 Å². The topological polar surface area (TPSA) is 94.1 Å². The van der Waals surface area contributed by atoms with Gasteiger partial charge in [-0.05, 0) is 35.9 Å². The molecule has 0 atom stereocenters. The second-order valence-electron chi connectivity index (χ2n) is 6.34. The minimum absolute atomic E-state index is 0.129. The van der Waals surface area contributed by atoms with Gasteiger partial charge in [0.2, 0.25) is 0 Å². The Kier molecular flexibility index (Phi) is 5.09. The summed E-state index contributed by atoms with van der Waals surface area (Å²) in [6.07, 6.45) is 1.04. The summed E-state index contributed by atoms with van der Waals surface area (Å²) >= 11 is 6.01. The molecule has 4 aromatic rings. The van der Waals surface area contributed by atoms with Crippen LogP contribution in [0.2, 0.25) is 5.02 Å². The van der Waals surface area contributed by atoms with Crippen molar-refractivity contribution in [1.82, 2.24) is 19.7 Å². The van der Waals surface area contributed by atoms with Gasteiger partial charge in [0.15, 0.2) is 0 Å². The number of hydrogen-bond donors (Lipinski definition) is 2. The van der Waals surface area contributed by atoms with Crippen molar-refractivity contribution >= 4 is 34.5 Å². The number of aromatic amines is 1. The molecule has 0 bridgehead atoms. The average Bonchev–Trinajstić information content (AvgIpc) is 3.32. The summed E-state index contributed by atoms with van der Waals surface area (Å²) in [6, 6.07) is 12.7. The van der Waals surface area contributed by atoms with E-state index < -0.39 is 6.09 Å². The second-order valence-corrected chi connectivity index (χ2v) is 6.77. The number of imidazole rings is 1. The van der Waals surface area contributed by atoms with E-state index in [9.17, 15) is 4.79 Å². The van der Waals surface area contributed by atoms with Gasteiger partial charge in [-0.25, -0.2) is 9.78 Å². The molecule has 0 aliphatic rings. The fraction of sp³-hybridized carbons (Fsp3) is 0.150. The Morgan fingerprint density at radius 2 is 2.10 bits per heavy atom.